The van der Waals surface area contributed by atoms with Crippen molar-refractivity contribution in [1.29, 1.82) is 0 Å². The minimum Gasteiger partial charge on any atom is -0.218 e. The first kappa shape index (κ1) is 16.0. The molecule has 0 saturated carbocycles. The Morgan fingerprint density at radius 3 is 2.00 bits per heavy atom. The summed E-state index contributed by atoms with van der Waals surface area (Å²) >= 11 is 35.8. The summed E-state index contributed by atoms with van der Waals surface area (Å²) in [6, 6.07) is 8.80. The predicted molar refractivity (Wildman–Crippen MR) is 82.6 cm³/mol. The average Bonchev–Trinajstić information content (AvgIpc) is 2.34. The van der Waals surface area contributed by atoms with E-state index in [4.69, 9.17) is 69.6 Å². The van der Waals surface area contributed by atoms with E-state index in [1.807, 2.05) is 6.07 Å². The molecule has 0 radical (unpaired) electrons. The Hall–Kier alpha value is 0.630. The van der Waals surface area contributed by atoms with Crippen molar-refractivity contribution in [1.82, 2.24) is 0 Å². The molecule has 2 rings (SSSR count). The highest BCUT2D eigenvalue weighted by Crippen LogP contribution is 2.61. The molecule has 7 heteroatoms. The van der Waals surface area contributed by atoms with Crippen molar-refractivity contribution in [2.24, 2.45) is 0 Å². The highest BCUT2D eigenvalue weighted by Gasteiger charge is 2.67. The molecular weight excluding hydrogens is 376 g/mol. The first-order chi connectivity index (χ1) is 8.61. The number of allylic oxidation sites excluding steroid dienone is 2. The van der Waals surface area contributed by atoms with Gasteiger partial charge in [0.1, 0.15) is 0 Å². The van der Waals surface area contributed by atoms with Gasteiger partial charge in [0, 0.05) is 0 Å². The number of rotatable bonds is 1. The van der Waals surface area contributed by atoms with Crippen LogP contribution in [-0.2, 0) is 0 Å². The van der Waals surface area contributed by atoms with Crippen molar-refractivity contribution < 1.29 is 4.39 Å². The van der Waals surface area contributed by atoms with Gasteiger partial charge in [-0.1, -0.05) is 88.3 Å². The lowest BCUT2D eigenvalue weighted by atomic mass is 9.90. The molecule has 0 aromatic heterocycles. The lowest BCUT2D eigenvalue weighted by molar-refractivity contribution is 0.289. The van der Waals surface area contributed by atoms with Crippen LogP contribution in [0.15, 0.2) is 36.4 Å². The molecule has 0 bridgehead atoms. The Morgan fingerprint density at radius 1 is 0.947 bits per heavy atom. The minimum atomic E-state index is -2.64. The number of benzene rings is 1. The van der Waals surface area contributed by atoms with Crippen LogP contribution in [0.3, 0.4) is 0 Å². The van der Waals surface area contributed by atoms with E-state index >= 15 is 0 Å². The van der Waals surface area contributed by atoms with Crippen molar-refractivity contribution in [3.8, 4) is 0 Å². The Morgan fingerprint density at radius 2 is 1.47 bits per heavy atom. The molecule has 0 nitrogen and oxygen atoms in total. The van der Waals surface area contributed by atoms with Crippen LogP contribution in [0.25, 0.3) is 5.57 Å². The van der Waals surface area contributed by atoms with Crippen molar-refractivity contribution in [3.05, 3.63) is 42.0 Å². The molecule has 0 N–H and O–H groups in total. The van der Waals surface area contributed by atoms with Crippen LogP contribution in [0.1, 0.15) is 5.56 Å². The van der Waals surface area contributed by atoms with E-state index in [9.17, 15) is 4.39 Å². The molecule has 0 amide bonds. The van der Waals surface area contributed by atoms with Gasteiger partial charge in [-0.2, -0.15) is 0 Å². The van der Waals surface area contributed by atoms with Gasteiger partial charge in [-0.25, -0.2) is 4.39 Å². The fraction of sp³-hybridized carbons (Fsp3) is 0.333. The van der Waals surface area contributed by atoms with Crippen LogP contribution in [0, 0.1) is 0 Å². The highest BCUT2D eigenvalue weighted by atomic mass is 35.5. The van der Waals surface area contributed by atoms with Gasteiger partial charge in [0.05, 0.1) is 5.38 Å². The lowest BCUT2D eigenvalue weighted by Gasteiger charge is -2.45. The molecule has 1 aromatic rings. The summed E-state index contributed by atoms with van der Waals surface area (Å²) in [4.78, 5) is 0. The fourth-order valence-electron chi connectivity index (χ4n) is 1.80. The first-order valence-electron chi connectivity index (χ1n) is 5.17. The normalized spacial score (nSPS) is 32.8. The summed E-state index contributed by atoms with van der Waals surface area (Å²) in [5.74, 6) is 0. The van der Waals surface area contributed by atoms with Gasteiger partial charge in [0.15, 0.2) is 4.33 Å². The van der Waals surface area contributed by atoms with Crippen molar-refractivity contribution in [3.63, 3.8) is 0 Å². The molecule has 1 aliphatic carbocycles. The topological polar surface area (TPSA) is 0 Å². The smallest absolute Gasteiger partial charge is 0.218 e. The van der Waals surface area contributed by atoms with E-state index < -0.39 is 19.2 Å². The quantitative estimate of drug-likeness (QED) is 0.527. The van der Waals surface area contributed by atoms with Gasteiger partial charge in [-0.15, -0.1) is 11.6 Å². The van der Waals surface area contributed by atoms with Crippen LogP contribution in [0.4, 0.5) is 4.39 Å². The number of halogens is 7. The molecule has 104 valence electrons. The van der Waals surface area contributed by atoms with Gasteiger partial charge < -0.3 is 0 Å². The number of alkyl halides is 7. The monoisotopic (exact) mass is 380 g/mol. The molecule has 2 unspecified atom stereocenters. The standard InChI is InChI=1S/C12H7Cl6F/c13-9-8(7-4-2-1-3-5-7)6-10(14,19)12(17,18)11(9,15)16/h1-6,9H. The van der Waals surface area contributed by atoms with E-state index in [2.05, 4.69) is 0 Å². The zero-order chi connectivity index (χ0) is 14.5. The zero-order valence-corrected chi connectivity index (χ0v) is 13.7. The zero-order valence-electron chi connectivity index (χ0n) is 9.19. The minimum absolute atomic E-state index is 0.335. The van der Waals surface area contributed by atoms with E-state index in [1.165, 1.54) is 0 Å². The summed E-state index contributed by atoms with van der Waals surface area (Å²) in [6.45, 7) is 0. The van der Waals surface area contributed by atoms with E-state index in [-0.39, 0.29) is 0 Å². The van der Waals surface area contributed by atoms with E-state index in [0.29, 0.717) is 11.1 Å². The molecule has 0 saturated heterocycles. The molecule has 1 aromatic carbocycles. The molecule has 2 atom stereocenters. The maximum atomic E-state index is 14.5. The fourth-order valence-corrected chi connectivity index (χ4v) is 3.46. The van der Waals surface area contributed by atoms with Crippen LogP contribution < -0.4 is 0 Å². The third kappa shape index (κ3) is 2.47. The second-order valence-electron chi connectivity index (χ2n) is 4.15. The Bertz CT molecular complexity index is 508. The predicted octanol–water partition coefficient (Wildman–Crippen LogP) is 5.94. The highest BCUT2D eigenvalue weighted by molar-refractivity contribution is 6.68. The molecular formula is C12H7Cl6F. The van der Waals surface area contributed by atoms with Gasteiger partial charge in [-0.05, 0) is 17.2 Å². The second-order valence-corrected chi connectivity index (χ2v) is 7.85. The van der Waals surface area contributed by atoms with E-state index in [1.54, 1.807) is 24.3 Å². The molecule has 0 spiro atoms. The number of hydrogen-bond donors (Lipinski definition) is 0. The van der Waals surface area contributed by atoms with Crippen LogP contribution >= 0.6 is 69.6 Å². The SMILES string of the molecule is FC1(Cl)C=C(c2ccccc2)C(Cl)C(Cl)(Cl)C1(Cl)Cl. The summed E-state index contributed by atoms with van der Waals surface area (Å²) in [5, 5.41) is -3.66. The van der Waals surface area contributed by atoms with Crippen LogP contribution in [0.5, 0.6) is 0 Å². The maximum Gasteiger partial charge on any atom is 0.238 e. The first-order valence-corrected chi connectivity index (χ1v) is 7.49. The Kier molecular flexibility index (Phi) is 4.31. The second kappa shape index (κ2) is 5.12. The Balaban J connectivity index is 2.61. The van der Waals surface area contributed by atoms with Crippen LogP contribution in [0.2, 0.25) is 0 Å². The van der Waals surface area contributed by atoms with Crippen molar-refractivity contribution in [2.45, 2.75) is 19.2 Å². The third-order valence-corrected chi connectivity index (χ3v) is 6.78. The van der Waals surface area contributed by atoms with Gasteiger partial charge in [0.25, 0.3) is 0 Å². The molecule has 0 heterocycles. The molecule has 1 aliphatic rings. The third-order valence-electron chi connectivity index (χ3n) is 2.87. The molecule has 0 fully saturated rings. The maximum absolute atomic E-state index is 14.5. The summed E-state index contributed by atoms with van der Waals surface area (Å²) in [5.41, 5.74) is 0.973. The molecule has 0 aliphatic heterocycles. The van der Waals surface area contributed by atoms with Gasteiger partial charge in [-0.3, -0.25) is 0 Å². The number of hydrogen-bond acceptors (Lipinski definition) is 0. The van der Waals surface area contributed by atoms with Crippen molar-refractivity contribution in [2.75, 3.05) is 0 Å². The lowest BCUT2D eigenvalue weighted by Crippen LogP contribution is -2.57. The largest absolute Gasteiger partial charge is 0.238 e. The average molecular weight is 383 g/mol. The van der Waals surface area contributed by atoms with Gasteiger partial charge in [0.2, 0.25) is 9.46 Å². The summed E-state index contributed by atoms with van der Waals surface area (Å²) in [7, 11) is 0. The van der Waals surface area contributed by atoms with Crippen molar-refractivity contribution >= 4 is 75.2 Å². The summed E-state index contributed by atoms with van der Waals surface area (Å²) in [6.07, 6.45) is 1.05. The summed E-state index contributed by atoms with van der Waals surface area (Å²) < 4.78 is 10.2. The van der Waals surface area contributed by atoms with Gasteiger partial charge >= 0.3 is 0 Å². The Labute approximate surface area is 140 Å². The molecule has 19 heavy (non-hydrogen) atoms. The van der Waals surface area contributed by atoms with Crippen LogP contribution in [-0.4, -0.2) is 19.2 Å². The van der Waals surface area contributed by atoms with E-state index in [0.717, 1.165) is 6.08 Å².